The molecule has 0 fully saturated rings. The number of guanidine groups is 1. The quantitative estimate of drug-likeness (QED) is 0.250. The topological polar surface area (TPSA) is 48.9 Å². The van der Waals surface area contributed by atoms with Crippen LogP contribution in [0.5, 0.6) is 5.75 Å². The lowest BCUT2D eigenvalue weighted by molar-refractivity contribution is 0.300. The maximum Gasteiger partial charge on any atom is 0.191 e. The van der Waals surface area contributed by atoms with Crippen molar-refractivity contribution < 1.29 is 4.74 Å². The summed E-state index contributed by atoms with van der Waals surface area (Å²) >= 11 is 0. The molecule has 0 saturated carbocycles. The van der Waals surface area contributed by atoms with Crippen LogP contribution >= 0.6 is 24.0 Å². The lowest BCUT2D eigenvalue weighted by atomic mass is 10.2. The van der Waals surface area contributed by atoms with Gasteiger partial charge in [0.25, 0.3) is 0 Å². The summed E-state index contributed by atoms with van der Waals surface area (Å²) in [5, 5.41) is 6.60. The molecule has 0 aliphatic rings. The molecule has 6 heteroatoms. The van der Waals surface area contributed by atoms with Crippen molar-refractivity contribution in [3.8, 4) is 5.75 Å². The summed E-state index contributed by atoms with van der Waals surface area (Å²) in [5.41, 5.74) is 1.24. The molecule has 0 aliphatic carbocycles. The highest BCUT2D eigenvalue weighted by Crippen LogP contribution is 2.10. The largest absolute Gasteiger partial charge is 0.492 e. The molecule has 0 aromatic heterocycles. The fourth-order valence-corrected chi connectivity index (χ4v) is 2.24. The first-order valence-corrected chi connectivity index (χ1v) is 8.55. The Morgan fingerprint density at radius 2 is 1.71 bits per heavy atom. The molecule has 2 N–H and O–H groups in total. The number of ether oxygens (including phenoxy) is 1. The zero-order valence-electron chi connectivity index (χ0n) is 15.5. The Kier molecular flexibility index (Phi) is 13.7. The van der Waals surface area contributed by atoms with Crippen molar-refractivity contribution in [1.82, 2.24) is 15.5 Å². The zero-order chi connectivity index (χ0) is 16.9. The number of nitrogens with one attached hydrogen (secondary N) is 2. The summed E-state index contributed by atoms with van der Waals surface area (Å²) in [5.74, 6) is 1.73. The second-order valence-corrected chi connectivity index (χ2v) is 5.47. The van der Waals surface area contributed by atoms with Crippen LogP contribution in [-0.4, -0.2) is 57.2 Å². The van der Waals surface area contributed by atoms with Gasteiger partial charge >= 0.3 is 0 Å². The molecule has 1 aromatic rings. The normalized spacial score (nSPS) is 11.1. The smallest absolute Gasteiger partial charge is 0.191 e. The monoisotopic (exact) mass is 448 g/mol. The van der Waals surface area contributed by atoms with E-state index in [0.717, 1.165) is 50.9 Å². The molecule has 5 nitrogen and oxygen atoms in total. The Morgan fingerprint density at radius 3 is 2.29 bits per heavy atom. The number of hydrogen-bond donors (Lipinski definition) is 2. The number of benzene rings is 1. The van der Waals surface area contributed by atoms with Crippen LogP contribution in [0.4, 0.5) is 0 Å². The van der Waals surface area contributed by atoms with Crippen LogP contribution in [0.2, 0.25) is 0 Å². The Morgan fingerprint density at radius 1 is 1.08 bits per heavy atom. The fraction of sp³-hybridized carbons (Fsp3) is 0.611. The summed E-state index contributed by atoms with van der Waals surface area (Å²) < 4.78 is 5.69. The molecule has 1 rings (SSSR count). The first kappa shape index (κ1) is 23.0. The molecule has 138 valence electrons. The molecular weight excluding hydrogens is 415 g/mol. The van der Waals surface area contributed by atoms with Gasteiger partial charge < -0.3 is 20.3 Å². The Balaban J connectivity index is 0.00000529. The molecule has 0 heterocycles. The second-order valence-electron chi connectivity index (χ2n) is 5.47. The molecule has 0 atom stereocenters. The van der Waals surface area contributed by atoms with Crippen LogP contribution in [-0.2, 0) is 0 Å². The highest BCUT2D eigenvalue weighted by atomic mass is 127. The second kappa shape index (κ2) is 14.3. The van der Waals surface area contributed by atoms with Gasteiger partial charge in [-0.25, -0.2) is 0 Å². The minimum Gasteiger partial charge on any atom is -0.492 e. The summed E-state index contributed by atoms with van der Waals surface area (Å²) in [6.45, 7) is 12.1. The van der Waals surface area contributed by atoms with E-state index in [1.807, 2.05) is 12.1 Å². The summed E-state index contributed by atoms with van der Waals surface area (Å²) in [6, 6.07) is 8.10. The number of nitrogens with zero attached hydrogens (tertiary/aromatic N) is 2. The molecule has 0 aliphatic heterocycles. The van der Waals surface area contributed by atoms with Crippen LogP contribution < -0.4 is 15.4 Å². The van der Waals surface area contributed by atoms with Gasteiger partial charge in [0.05, 0.1) is 6.54 Å². The minimum atomic E-state index is 0. The van der Waals surface area contributed by atoms with E-state index in [2.05, 4.69) is 53.4 Å². The Bertz CT molecular complexity index is 447. The maximum absolute atomic E-state index is 5.69. The third-order valence-corrected chi connectivity index (χ3v) is 3.75. The molecule has 0 spiro atoms. The molecule has 0 amide bonds. The molecule has 1 aromatic carbocycles. The van der Waals surface area contributed by atoms with Gasteiger partial charge in [0.1, 0.15) is 12.4 Å². The van der Waals surface area contributed by atoms with E-state index in [9.17, 15) is 0 Å². The highest BCUT2D eigenvalue weighted by molar-refractivity contribution is 14.0. The van der Waals surface area contributed by atoms with Gasteiger partial charge in [-0.1, -0.05) is 31.5 Å². The first-order chi connectivity index (χ1) is 11.2. The van der Waals surface area contributed by atoms with Crippen LogP contribution in [0.3, 0.4) is 0 Å². The van der Waals surface area contributed by atoms with E-state index in [-0.39, 0.29) is 24.0 Å². The predicted molar refractivity (Wildman–Crippen MR) is 114 cm³/mol. The predicted octanol–water partition coefficient (Wildman–Crippen LogP) is 2.89. The molecule has 0 radical (unpaired) electrons. The van der Waals surface area contributed by atoms with Crippen LogP contribution in [0.25, 0.3) is 0 Å². The van der Waals surface area contributed by atoms with Crippen LogP contribution in [0.1, 0.15) is 25.8 Å². The van der Waals surface area contributed by atoms with Crippen molar-refractivity contribution in [2.75, 3.05) is 46.4 Å². The van der Waals surface area contributed by atoms with Gasteiger partial charge in [0.15, 0.2) is 5.96 Å². The van der Waals surface area contributed by atoms with Gasteiger partial charge in [-0.15, -0.1) is 24.0 Å². The average molecular weight is 448 g/mol. The lowest BCUT2D eigenvalue weighted by Crippen LogP contribution is -2.40. The fourth-order valence-electron chi connectivity index (χ4n) is 2.24. The Hall–Kier alpha value is -1.02. The van der Waals surface area contributed by atoms with Crippen molar-refractivity contribution >= 4 is 29.9 Å². The third kappa shape index (κ3) is 9.97. The number of halogens is 1. The van der Waals surface area contributed by atoms with E-state index in [1.54, 1.807) is 7.05 Å². The molecular formula is C18H33IN4O. The van der Waals surface area contributed by atoms with Gasteiger partial charge in [0.2, 0.25) is 0 Å². The number of hydrogen-bond acceptors (Lipinski definition) is 3. The van der Waals surface area contributed by atoms with Gasteiger partial charge in [0, 0.05) is 13.6 Å². The molecule has 0 bridgehead atoms. The van der Waals surface area contributed by atoms with Crippen molar-refractivity contribution in [1.29, 1.82) is 0 Å². The van der Waals surface area contributed by atoms with E-state index in [0.29, 0.717) is 6.61 Å². The number of aliphatic imine (C=N–C) groups is 1. The van der Waals surface area contributed by atoms with Crippen molar-refractivity contribution in [3.05, 3.63) is 29.8 Å². The van der Waals surface area contributed by atoms with Crippen LogP contribution in [0, 0.1) is 6.92 Å². The van der Waals surface area contributed by atoms with Crippen molar-refractivity contribution in [2.24, 2.45) is 4.99 Å². The van der Waals surface area contributed by atoms with Crippen molar-refractivity contribution in [3.63, 3.8) is 0 Å². The van der Waals surface area contributed by atoms with E-state index in [4.69, 9.17) is 4.74 Å². The summed E-state index contributed by atoms with van der Waals surface area (Å²) in [6.07, 6.45) is 1.11. The Labute approximate surface area is 164 Å². The SMILES string of the molecule is CCN(CC)CCCNC(=NC)NCCOc1ccc(C)cc1.I. The summed E-state index contributed by atoms with van der Waals surface area (Å²) in [4.78, 5) is 6.65. The molecule has 0 unspecified atom stereocenters. The third-order valence-electron chi connectivity index (χ3n) is 3.75. The van der Waals surface area contributed by atoms with E-state index < -0.39 is 0 Å². The number of aryl methyl sites for hydroxylation is 1. The van der Waals surface area contributed by atoms with Gasteiger partial charge in [-0.3, -0.25) is 4.99 Å². The average Bonchev–Trinajstić information content (AvgIpc) is 2.58. The lowest BCUT2D eigenvalue weighted by Gasteiger charge is -2.18. The molecule has 0 saturated heterocycles. The standard InChI is InChI=1S/C18H32N4O.HI/c1-5-22(6-2)14-7-12-20-18(19-4)21-13-15-23-17-10-8-16(3)9-11-17;/h8-11H,5-7,12-15H2,1-4H3,(H2,19,20,21);1H. The maximum atomic E-state index is 5.69. The van der Waals surface area contributed by atoms with Gasteiger partial charge in [-0.05, 0) is 45.1 Å². The minimum absolute atomic E-state index is 0. The van der Waals surface area contributed by atoms with E-state index >= 15 is 0 Å². The highest BCUT2D eigenvalue weighted by Gasteiger charge is 2.00. The van der Waals surface area contributed by atoms with Crippen LogP contribution in [0.15, 0.2) is 29.3 Å². The summed E-state index contributed by atoms with van der Waals surface area (Å²) in [7, 11) is 1.79. The first-order valence-electron chi connectivity index (χ1n) is 8.55. The zero-order valence-corrected chi connectivity index (χ0v) is 17.8. The van der Waals surface area contributed by atoms with E-state index in [1.165, 1.54) is 5.56 Å². The van der Waals surface area contributed by atoms with Gasteiger partial charge in [-0.2, -0.15) is 0 Å². The molecule has 24 heavy (non-hydrogen) atoms. The van der Waals surface area contributed by atoms with Crippen molar-refractivity contribution in [2.45, 2.75) is 27.2 Å². The number of rotatable bonds is 10.